The Morgan fingerprint density at radius 3 is 2.56 bits per heavy atom. The Labute approximate surface area is 161 Å². The molecule has 1 aromatic rings. The maximum Gasteiger partial charge on any atom is 0.243 e. The fourth-order valence-corrected chi connectivity index (χ4v) is 3.14. The molecule has 1 saturated heterocycles. The molecule has 0 aromatic heterocycles. The van der Waals surface area contributed by atoms with Crippen molar-refractivity contribution >= 4 is 17.7 Å². The molecule has 0 saturated carbocycles. The molecule has 1 aliphatic heterocycles. The first kappa shape index (κ1) is 20.9. The van der Waals surface area contributed by atoms with Gasteiger partial charge in [-0.25, -0.2) is 0 Å². The second-order valence-corrected chi connectivity index (χ2v) is 8.40. The summed E-state index contributed by atoms with van der Waals surface area (Å²) in [5, 5.41) is 8.51. The highest BCUT2D eigenvalue weighted by Crippen LogP contribution is 2.18. The number of hydrogen-bond donors (Lipinski definition) is 3. The predicted octanol–water partition coefficient (Wildman–Crippen LogP) is 1.93. The first-order valence-electron chi connectivity index (χ1n) is 9.66. The van der Waals surface area contributed by atoms with Crippen molar-refractivity contribution in [3.63, 3.8) is 0 Å². The molecular weight excluding hydrogens is 342 g/mol. The van der Waals surface area contributed by atoms with E-state index in [4.69, 9.17) is 0 Å². The van der Waals surface area contributed by atoms with E-state index in [1.54, 1.807) is 0 Å². The Kier molecular flexibility index (Phi) is 7.39. The van der Waals surface area contributed by atoms with E-state index in [9.17, 15) is 14.4 Å². The van der Waals surface area contributed by atoms with Crippen molar-refractivity contribution in [2.75, 3.05) is 6.54 Å². The lowest BCUT2D eigenvalue weighted by Crippen LogP contribution is -2.54. The Morgan fingerprint density at radius 1 is 1.19 bits per heavy atom. The van der Waals surface area contributed by atoms with Gasteiger partial charge in [0, 0.05) is 19.4 Å². The van der Waals surface area contributed by atoms with Gasteiger partial charge in [-0.05, 0) is 30.2 Å². The van der Waals surface area contributed by atoms with Gasteiger partial charge in [0.05, 0.1) is 0 Å². The van der Waals surface area contributed by atoms with Gasteiger partial charge in [0.25, 0.3) is 0 Å². The van der Waals surface area contributed by atoms with E-state index in [-0.39, 0.29) is 23.1 Å². The third-order valence-corrected chi connectivity index (χ3v) is 4.48. The van der Waals surface area contributed by atoms with Gasteiger partial charge >= 0.3 is 0 Å². The molecule has 0 spiro atoms. The Balaban J connectivity index is 2.08. The molecular formula is C21H31N3O3. The highest BCUT2D eigenvalue weighted by Gasteiger charge is 2.28. The number of benzene rings is 1. The Hall–Kier alpha value is -2.37. The van der Waals surface area contributed by atoms with Crippen LogP contribution in [0.2, 0.25) is 0 Å². The molecule has 2 atom stereocenters. The molecule has 1 fully saturated rings. The first-order chi connectivity index (χ1) is 12.7. The van der Waals surface area contributed by atoms with Crippen molar-refractivity contribution in [3.05, 3.63) is 35.9 Å². The zero-order chi connectivity index (χ0) is 19.9. The number of hydrogen-bond acceptors (Lipinski definition) is 3. The van der Waals surface area contributed by atoms with Crippen molar-refractivity contribution in [2.24, 2.45) is 5.41 Å². The quantitative estimate of drug-likeness (QED) is 0.712. The van der Waals surface area contributed by atoms with Gasteiger partial charge in [0.2, 0.25) is 17.7 Å². The normalized spacial score (nSPS) is 18.8. The third kappa shape index (κ3) is 7.41. The van der Waals surface area contributed by atoms with Crippen LogP contribution in [0.4, 0.5) is 0 Å². The summed E-state index contributed by atoms with van der Waals surface area (Å²) in [6.45, 7) is 6.58. The van der Waals surface area contributed by atoms with Crippen LogP contribution in [0.1, 0.15) is 52.0 Å². The van der Waals surface area contributed by atoms with E-state index in [1.165, 1.54) is 0 Å². The van der Waals surface area contributed by atoms with Crippen LogP contribution in [-0.2, 0) is 20.8 Å². The van der Waals surface area contributed by atoms with Crippen LogP contribution in [0.25, 0.3) is 0 Å². The minimum Gasteiger partial charge on any atom is -0.354 e. The molecule has 3 N–H and O–H groups in total. The van der Waals surface area contributed by atoms with Gasteiger partial charge in [-0.2, -0.15) is 0 Å². The smallest absolute Gasteiger partial charge is 0.243 e. The topological polar surface area (TPSA) is 87.3 Å². The van der Waals surface area contributed by atoms with Crippen LogP contribution >= 0.6 is 0 Å². The van der Waals surface area contributed by atoms with Crippen molar-refractivity contribution in [2.45, 2.75) is 65.0 Å². The second kappa shape index (κ2) is 9.53. The highest BCUT2D eigenvalue weighted by atomic mass is 16.2. The number of carbonyl (C=O) groups is 3. The van der Waals surface area contributed by atoms with E-state index in [2.05, 4.69) is 16.0 Å². The minimum atomic E-state index is -0.710. The van der Waals surface area contributed by atoms with E-state index < -0.39 is 12.1 Å². The van der Waals surface area contributed by atoms with Crippen molar-refractivity contribution in [1.82, 2.24) is 16.0 Å². The maximum atomic E-state index is 12.9. The summed E-state index contributed by atoms with van der Waals surface area (Å²) in [6.07, 6.45) is 3.12. The van der Waals surface area contributed by atoms with E-state index in [0.717, 1.165) is 18.4 Å². The monoisotopic (exact) mass is 373 g/mol. The summed E-state index contributed by atoms with van der Waals surface area (Å²) in [5.41, 5.74) is 0.790. The van der Waals surface area contributed by atoms with Crippen molar-refractivity contribution in [3.8, 4) is 0 Å². The number of nitrogens with one attached hydrogen (secondary N) is 3. The van der Waals surface area contributed by atoms with Crippen LogP contribution in [0.15, 0.2) is 30.3 Å². The Morgan fingerprint density at radius 2 is 1.89 bits per heavy atom. The van der Waals surface area contributed by atoms with Gasteiger partial charge in [0.1, 0.15) is 12.1 Å². The lowest BCUT2D eigenvalue weighted by molar-refractivity contribution is -0.132. The second-order valence-electron chi connectivity index (χ2n) is 8.40. The summed E-state index contributed by atoms with van der Waals surface area (Å²) < 4.78 is 0. The largest absolute Gasteiger partial charge is 0.354 e. The number of amides is 3. The maximum absolute atomic E-state index is 12.9. The average molecular weight is 373 g/mol. The van der Waals surface area contributed by atoms with Crippen LogP contribution in [-0.4, -0.2) is 36.3 Å². The van der Waals surface area contributed by atoms with Crippen molar-refractivity contribution in [1.29, 1.82) is 0 Å². The van der Waals surface area contributed by atoms with E-state index >= 15 is 0 Å². The fourth-order valence-electron chi connectivity index (χ4n) is 3.14. The molecule has 0 radical (unpaired) electrons. The van der Waals surface area contributed by atoms with Crippen molar-refractivity contribution < 1.29 is 14.4 Å². The molecule has 2 rings (SSSR count). The molecule has 0 bridgehead atoms. The van der Waals surface area contributed by atoms with Gasteiger partial charge in [-0.15, -0.1) is 0 Å². The average Bonchev–Trinajstić information content (AvgIpc) is 2.78. The summed E-state index contributed by atoms with van der Waals surface area (Å²) in [7, 11) is 0. The van der Waals surface area contributed by atoms with Crippen LogP contribution in [0.5, 0.6) is 0 Å². The minimum absolute atomic E-state index is 0.152. The van der Waals surface area contributed by atoms with Gasteiger partial charge in [-0.1, -0.05) is 51.1 Å². The molecule has 1 aromatic carbocycles. The molecule has 1 aliphatic rings. The molecule has 6 nitrogen and oxygen atoms in total. The summed E-state index contributed by atoms with van der Waals surface area (Å²) >= 11 is 0. The summed E-state index contributed by atoms with van der Waals surface area (Å²) in [6, 6.07) is 8.31. The molecule has 3 amide bonds. The van der Waals surface area contributed by atoms with Crippen LogP contribution < -0.4 is 16.0 Å². The molecule has 27 heavy (non-hydrogen) atoms. The van der Waals surface area contributed by atoms with Crippen LogP contribution in [0.3, 0.4) is 0 Å². The summed E-state index contributed by atoms with van der Waals surface area (Å²) in [5.74, 6) is -0.632. The van der Waals surface area contributed by atoms with Gasteiger partial charge < -0.3 is 16.0 Å². The molecule has 6 heteroatoms. The first-order valence-corrected chi connectivity index (χ1v) is 9.66. The lowest BCUT2D eigenvalue weighted by Gasteiger charge is -2.24. The van der Waals surface area contributed by atoms with Gasteiger partial charge in [0.15, 0.2) is 0 Å². The molecule has 148 valence electrons. The van der Waals surface area contributed by atoms with Crippen LogP contribution in [0, 0.1) is 5.41 Å². The van der Waals surface area contributed by atoms with E-state index in [1.807, 2.05) is 51.1 Å². The standard InChI is InChI=1S/C21H31N3O3/c1-21(2,3)14-18(25)23-17(13-15-9-5-4-6-10-15)20(27)24-16-11-7-8-12-22-19(16)26/h4-6,9-10,16-17H,7-8,11-14H2,1-3H3,(H,22,26)(H,23,25)(H,24,27). The predicted molar refractivity (Wildman–Crippen MR) is 105 cm³/mol. The van der Waals surface area contributed by atoms with Gasteiger partial charge in [-0.3, -0.25) is 14.4 Å². The zero-order valence-corrected chi connectivity index (χ0v) is 16.5. The highest BCUT2D eigenvalue weighted by molar-refractivity contribution is 5.92. The third-order valence-electron chi connectivity index (χ3n) is 4.48. The SMILES string of the molecule is CC(C)(C)CC(=O)NC(Cc1ccccc1)C(=O)NC1CCCCNC1=O. The number of carbonyl (C=O) groups excluding carboxylic acids is 3. The molecule has 1 heterocycles. The molecule has 0 aliphatic carbocycles. The Bertz CT molecular complexity index is 652. The van der Waals surface area contributed by atoms with E-state index in [0.29, 0.717) is 25.8 Å². The summed E-state index contributed by atoms with van der Waals surface area (Å²) in [4.78, 5) is 37.4. The zero-order valence-electron chi connectivity index (χ0n) is 16.5. The lowest BCUT2D eigenvalue weighted by atomic mass is 9.91. The fraction of sp³-hybridized carbons (Fsp3) is 0.571. The molecule has 2 unspecified atom stereocenters. The number of rotatable bonds is 6.